The maximum Gasteiger partial charge on any atom is 0.272 e. The third-order valence-corrected chi connectivity index (χ3v) is 8.14. The van der Waals surface area contributed by atoms with Gasteiger partial charge in [-0.1, -0.05) is 37.3 Å². The van der Waals surface area contributed by atoms with Crippen LogP contribution in [-0.4, -0.2) is 86.4 Å². The number of carbonyl (C=O) groups excluding carboxylic acids is 3. The number of benzene rings is 1. The van der Waals surface area contributed by atoms with Gasteiger partial charge in [0.25, 0.3) is 5.91 Å². The first-order valence-corrected chi connectivity index (χ1v) is 15.5. The van der Waals surface area contributed by atoms with E-state index in [0.717, 1.165) is 28.9 Å². The Morgan fingerprint density at radius 3 is 2.69 bits per heavy atom. The number of aldehydes is 1. The van der Waals surface area contributed by atoms with E-state index in [9.17, 15) is 14.4 Å². The molecule has 0 unspecified atom stereocenters. The van der Waals surface area contributed by atoms with Crippen LogP contribution in [0, 0.1) is 0 Å². The van der Waals surface area contributed by atoms with Gasteiger partial charge in [-0.3, -0.25) is 9.59 Å². The van der Waals surface area contributed by atoms with E-state index in [-0.39, 0.29) is 12.5 Å². The molecule has 11 heteroatoms. The SMILES string of the molecule is CC=C(N=CN/C(CC)=C(\C(=O)N(C)CC=O)N(CCNC=O)CCc1ccccc1NSC1CC1)C1=CCOCC1. The summed E-state index contributed by atoms with van der Waals surface area (Å²) in [6.07, 6.45) is 11.4. The Morgan fingerprint density at radius 2 is 2.02 bits per heavy atom. The lowest BCUT2D eigenvalue weighted by molar-refractivity contribution is -0.129. The average molecular weight is 597 g/mol. The lowest BCUT2D eigenvalue weighted by Gasteiger charge is -2.31. The maximum absolute atomic E-state index is 13.8. The number of amides is 2. The molecule has 1 aliphatic heterocycles. The van der Waals surface area contributed by atoms with Gasteiger partial charge in [-0.05, 0) is 68.2 Å². The fourth-order valence-electron chi connectivity index (χ4n) is 4.47. The summed E-state index contributed by atoms with van der Waals surface area (Å²) in [5.74, 6) is -0.278. The van der Waals surface area contributed by atoms with Crippen molar-refractivity contribution >= 4 is 42.6 Å². The van der Waals surface area contributed by atoms with Gasteiger partial charge in [0.1, 0.15) is 12.0 Å². The van der Waals surface area contributed by atoms with Crippen LogP contribution in [0.1, 0.15) is 45.1 Å². The zero-order chi connectivity index (χ0) is 30.2. The number of carbonyl (C=O) groups is 3. The van der Waals surface area contributed by atoms with Gasteiger partial charge in [0.05, 0.1) is 31.8 Å². The Balaban J connectivity index is 1.90. The van der Waals surface area contributed by atoms with Crippen molar-refractivity contribution < 1.29 is 19.1 Å². The first kappa shape index (κ1) is 32.9. The molecule has 0 aromatic heterocycles. The Bertz CT molecular complexity index is 1180. The third-order valence-electron chi connectivity index (χ3n) is 7.00. The molecular formula is C31H44N6O4S. The standard InChI is InChI=1S/C31H44N6O4S/c1-4-27(25-13-20-41-21-14-25)33-22-34-28(5-2)30(31(40)36(3)18-19-38)37(17-15-32-23-39)16-12-24-8-6-7-9-29(24)35-42-26-10-11-26/h4,6-9,13,19,22-23,26,35H,5,10-12,14-18,20-21H2,1-3H3,(H,32,39)(H,33,34)/b27-4?,30-28+. The van der Waals surface area contributed by atoms with Crippen LogP contribution in [0.3, 0.4) is 0 Å². The molecule has 10 nitrogen and oxygen atoms in total. The van der Waals surface area contributed by atoms with Gasteiger partial charge < -0.3 is 34.7 Å². The Labute approximate surface area is 253 Å². The van der Waals surface area contributed by atoms with Gasteiger partial charge in [-0.25, -0.2) is 4.99 Å². The minimum atomic E-state index is -0.278. The van der Waals surface area contributed by atoms with E-state index in [0.29, 0.717) is 75.0 Å². The van der Waals surface area contributed by atoms with Crippen LogP contribution in [0.4, 0.5) is 5.69 Å². The Hall–Kier alpha value is -3.57. The highest BCUT2D eigenvalue weighted by Crippen LogP contribution is 2.35. The number of anilines is 1. The number of nitrogens with one attached hydrogen (secondary N) is 3. The Morgan fingerprint density at radius 1 is 1.21 bits per heavy atom. The summed E-state index contributed by atoms with van der Waals surface area (Å²) in [5.41, 5.74) is 5.32. The second-order valence-corrected chi connectivity index (χ2v) is 11.2. The topological polar surface area (TPSA) is 115 Å². The second-order valence-electron chi connectivity index (χ2n) is 10.0. The zero-order valence-corrected chi connectivity index (χ0v) is 25.8. The predicted octanol–water partition coefficient (Wildman–Crippen LogP) is 3.65. The number of allylic oxidation sites excluding steroid dienone is 3. The minimum Gasteiger partial charge on any atom is -0.377 e. The van der Waals surface area contributed by atoms with Crippen molar-refractivity contribution in [1.82, 2.24) is 20.4 Å². The molecule has 1 fully saturated rings. The molecule has 0 saturated heterocycles. The van der Waals surface area contributed by atoms with Gasteiger partial charge in [0.2, 0.25) is 6.41 Å². The predicted molar refractivity (Wildman–Crippen MR) is 170 cm³/mol. The second kappa shape index (κ2) is 18.1. The molecule has 1 aromatic rings. The fourth-order valence-corrected chi connectivity index (χ4v) is 5.34. The van der Waals surface area contributed by atoms with Crippen molar-refractivity contribution in [2.75, 3.05) is 51.2 Å². The highest BCUT2D eigenvalue weighted by Gasteiger charge is 2.25. The summed E-state index contributed by atoms with van der Waals surface area (Å²) in [6.45, 7) is 6.42. The number of ether oxygens (including phenoxy) is 1. The van der Waals surface area contributed by atoms with Gasteiger partial charge in [0, 0.05) is 43.3 Å². The molecule has 2 aliphatic rings. The number of hydrogen-bond donors (Lipinski definition) is 3. The van der Waals surface area contributed by atoms with Crippen molar-refractivity contribution in [3.8, 4) is 0 Å². The molecule has 2 amide bonds. The smallest absolute Gasteiger partial charge is 0.272 e. The van der Waals surface area contributed by atoms with Crippen molar-refractivity contribution in [2.45, 2.75) is 51.2 Å². The van der Waals surface area contributed by atoms with Crippen molar-refractivity contribution in [1.29, 1.82) is 0 Å². The molecule has 3 rings (SSSR count). The molecule has 1 heterocycles. The summed E-state index contributed by atoms with van der Waals surface area (Å²) in [7, 11) is 1.61. The number of rotatable bonds is 19. The van der Waals surface area contributed by atoms with E-state index in [1.54, 1.807) is 25.3 Å². The number of aliphatic imine (C=N–C) groups is 1. The van der Waals surface area contributed by atoms with Crippen molar-refractivity contribution in [2.24, 2.45) is 4.99 Å². The van der Waals surface area contributed by atoms with Crippen LogP contribution in [0.2, 0.25) is 0 Å². The highest BCUT2D eigenvalue weighted by atomic mass is 32.2. The molecule has 3 N–H and O–H groups in total. The quantitative estimate of drug-likeness (QED) is 0.0554. The zero-order valence-electron chi connectivity index (χ0n) is 24.9. The van der Waals surface area contributed by atoms with Gasteiger partial charge in [0.15, 0.2) is 0 Å². The highest BCUT2D eigenvalue weighted by molar-refractivity contribution is 8.01. The largest absolute Gasteiger partial charge is 0.377 e. The molecule has 0 radical (unpaired) electrons. The molecule has 42 heavy (non-hydrogen) atoms. The van der Waals surface area contributed by atoms with Gasteiger partial charge in [-0.15, -0.1) is 0 Å². The molecule has 1 aromatic carbocycles. The van der Waals surface area contributed by atoms with Crippen molar-refractivity contribution in [3.05, 3.63) is 64.6 Å². The van der Waals surface area contributed by atoms with Gasteiger partial charge in [-0.2, -0.15) is 0 Å². The van der Waals surface area contributed by atoms with E-state index in [1.807, 2.05) is 43.0 Å². The lowest BCUT2D eigenvalue weighted by atomic mass is 10.1. The number of hydrogen-bond acceptors (Lipinski definition) is 8. The van der Waals surface area contributed by atoms with E-state index in [4.69, 9.17) is 4.74 Å². The fraction of sp³-hybridized carbons (Fsp3) is 0.484. The Kier molecular flexibility index (Phi) is 14.2. The summed E-state index contributed by atoms with van der Waals surface area (Å²) in [5, 5.41) is 6.66. The molecule has 1 saturated carbocycles. The summed E-state index contributed by atoms with van der Waals surface area (Å²) < 4.78 is 8.94. The normalized spacial score (nSPS) is 15.9. The van der Waals surface area contributed by atoms with Crippen LogP contribution >= 0.6 is 11.9 Å². The summed E-state index contributed by atoms with van der Waals surface area (Å²) >= 11 is 1.76. The number of nitrogens with zero attached hydrogens (tertiary/aromatic N) is 3. The number of para-hydroxylation sites is 1. The maximum atomic E-state index is 13.8. The first-order chi connectivity index (χ1) is 20.5. The van der Waals surface area contributed by atoms with Crippen LogP contribution in [-0.2, 0) is 25.5 Å². The number of likely N-dealkylation sites (N-methyl/N-ethyl adjacent to an activating group) is 1. The molecule has 1 aliphatic carbocycles. The summed E-state index contributed by atoms with van der Waals surface area (Å²) in [6, 6.07) is 8.20. The molecule has 228 valence electrons. The van der Waals surface area contributed by atoms with Crippen LogP contribution in [0.25, 0.3) is 0 Å². The van der Waals surface area contributed by atoms with Crippen molar-refractivity contribution in [3.63, 3.8) is 0 Å². The third kappa shape index (κ3) is 10.4. The summed E-state index contributed by atoms with van der Waals surface area (Å²) in [4.78, 5) is 44.3. The van der Waals surface area contributed by atoms with E-state index in [2.05, 4.69) is 32.5 Å². The van der Waals surface area contributed by atoms with E-state index >= 15 is 0 Å². The van der Waals surface area contributed by atoms with Crippen LogP contribution < -0.4 is 15.4 Å². The van der Waals surface area contributed by atoms with E-state index in [1.165, 1.54) is 17.7 Å². The molecule has 0 spiro atoms. The molecule has 0 atom stereocenters. The minimum absolute atomic E-state index is 0.0298. The average Bonchev–Trinajstić information content (AvgIpc) is 3.85. The lowest BCUT2D eigenvalue weighted by Crippen LogP contribution is -2.42. The van der Waals surface area contributed by atoms with Gasteiger partial charge >= 0.3 is 0 Å². The van der Waals surface area contributed by atoms with E-state index < -0.39 is 0 Å². The van der Waals surface area contributed by atoms with Crippen LogP contribution in [0.15, 0.2) is 64.1 Å². The first-order valence-electron chi connectivity index (χ1n) is 14.6. The molecule has 0 bridgehead atoms. The van der Waals surface area contributed by atoms with Crippen LogP contribution in [0.5, 0.6) is 0 Å². The monoisotopic (exact) mass is 596 g/mol. The molecular weight excluding hydrogens is 552 g/mol.